The first-order chi connectivity index (χ1) is 12.0. The Labute approximate surface area is 161 Å². The molecular formula is C17H21ClN4O3S. The van der Waals surface area contributed by atoms with Crippen molar-refractivity contribution in [2.24, 2.45) is 0 Å². The van der Waals surface area contributed by atoms with E-state index in [4.69, 9.17) is 9.26 Å². The summed E-state index contributed by atoms with van der Waals surface area (Å²) in [7, 11) is 5.53. The number of hydrogen-bond acceptors (Lipinski definition) is 7. The van der Waals surface area contributed by atoms with E-state index in [2.05, 4.69) is 10.1 Å². The molecule has 0 unspecified atom stereocenters. The van der Waals surface area contributed by atoms with Crippen molar-refractivity contribution in [2.75, 3.05) is 39.2 Å². The lowest BCUT2D eigenvalue weighted by atomic mass is 10.3. The van der Waals surface area contributed by atoms with Crippen LogP contribution in [0.1, 0.15) is 16.2 Å². The molecule has 26 heavy (non-hydrogen) atoms. The monoisotopic (exact) mass is 396 g/mol. The summed E-state index contributed by atoms with van der Waals surface area (Å²) in [6.45, 7) is 2.98. The first-order valence-electron chi connectivity index (χ1n) is 7.83. The normalized spacial score (nSPS) is 10.8. The molecule has 0 bridgehead atoms. The lowest BCUT2D eigenvalue weighted by Gasteiger charge is -2.20. The Morgan fingerprint density at radius 3 is 2.69 bits per heavy atom. The van der Waals surface area contributed by atoms with Gasteiger partial charge < -0.3 is 14.2 Å². The van der Waals surface area contributed by atoms with Crippen LogP contribution in [0.4, 0.5) is 5.13 Å². The van der Waals surface area contributed by atoms with E-state index in [0.717, 1.165) is 10.2 Å². The summed E-state index contributed by atoms with van der Waals surface area (Å²) in [6, 6.07) is 7.37. The summed E-state index contributed by atoms with van der Waals surface area (Å²) in [5.41, 5.74) is 1.42. The molecule has 0 aliphatic carbocycles. The van der Waals surface area contributed by atoms with Gasteiger partial charge in [0.2, 0.25) is 5.76 Å². The number of fused-ring (bicyclic) bond motifs is 1. The van der Waals surface area contributed by atoms with Crippen LogP contribution in [0.15, 0.2) is 28.8 Å². The van der Waals surface area contributed by atoms with Crippen LogP contribution in [0.5, 0.6) is 5.75 Å². The van der Waals surface area contributed by atoms with Crippen LogP contribution in [0.25, 0.3) is 10.2 Å². The van der Waals surface area contributed by atoms with Gasteiger partial charge in [0.15, 0.2) is 5.13 Å². The van der Waals surface area contributed by atoms with Crippen molar-refractivity contribution in [3.05, 3.63) is 35.7 Å². The highest BCUT2D eigenvalue weighted by Gasteiger charge is 2.25. The molecule has 0 fully saturated rings. The first-order valence-corrected chi connectivity index (χ1v) is 8.64. The van der Waals surface area contributed by atoms with Crippen LogP contribution in [-0.4, -0.2) is 55.2 Å². The molecule has 0 radical (unpaired) electrons. The molecular weight excluding hydrogens is 376 g/mol. The number of rotatable bonds is 6. The predicted octanol–water partition coefficient (Wildman–Crippen LogP) is 3.23. The second-order valence-electron chi connectivity index (χ2n) is 5.90. The minimum absolute atomic E-state index is 0. The quantitative estimate of drug-likeness (QED) is 0.637. The Balaban J connectivity index is 0.00000243. The molecule has 7 nitrogen and oxygen atoms in total. The topological polar surface area (TPSA) is 71.7 Å². The minimum Gasteiger partial charge on any atom is -0.494 e. The van der Waals surface area contributed by atoms with Gasteiger partial charge in [-0.15, -0.1) is 12.4 Å². The smallest absolute Gasteiger partial charge is 0.298 e. The second kappa shape index (κ2) is 8.48. The van der Waals surface area contributed by atoms with E-state index in [1.807, 2.05) is 37.2 Å². The summed E-state index contributed by atoms with van der Waals surface area (Å²) >= 11 is 1.45. The molecule has 0 N–H and O–H groups in total. The number of thiazole rings is 1. The summed E-state index contributed by atoms with van der Waals surface area (Å²) in [6.07, 6.45) is 0. The van der Waals surface area contributed by atoms with E-state index >= 15 is 0 Å². The summed E-state index contributed by atoms with van der Waals surface area (Å²) in [5.74, 6) is 0.651. The third kappa shape index (κ3) is 4.14. The SMILES string of the molecule is COc1cccc2sc(N(CCN(C)C)C(=O)c3cc(C)no3)nc12.Cl. The zero-order chi connectivity index (χ0) is 18.0. The molecule has 0 atom stereocenters. The maximum Gasteiger partial charge on any atom is 0.298 e. The van der Waals surface area contributed by atoms with Crippen molar-refractivity contribution in [3.8, 4) is 5.75 Å². The third-order valence-electron chi connectivity index (χ3n) is 3.68. The molecule has 0 aliphatic heterocycles. The molecule has 1 amide bonds. The standard InChI is InChI=1S/C17H20N4O3S.ClH/c1-11-10-13(24-19-11)16(22)21(9-8-20(2)3)17-18-15-12(23-4)6-5-7-14(15)25-17;/h5-7,10H,8-9H2,1-4H3;1H. The van der Waals surface area contributed by atoms with Crippen molar-refractivity contribution in [3.63, 3.8) is 0 Å². The molecule has 0 spiro atoms. The number of benzene rings is 1. The molecule has 2 heterocycles. The van der Waals surface area contributed by atoms with E-state index in [-0.39, 0.29) is 24.1 Å². The van der Waals surface area contributed by atoms with Gasteiger partial charge in [0, 0.05) is 19.2 Å². The summed E-state index contributed by atoms with van der Waals surface area (Å²) in [4.78, 5) is 21.2. The summed E-state index contributed by atoms with van der Waals surface area (Å²) in [5, 5.41) is 4.42. The number of amides is 1. The fourth-order valence-corrected chi connectivity index (χ4v) is 3.38. The Morgan fingerprint density at radius 2 is 2.08 bits per heavy atom. The maximum atomic E-state index is 12.9. The highest BCUT2D eigenvalue weighted by molar-refractivity contribution is 7.22. The van der Waals surface area contributed by atoms with Gasteiger partial charge in [0.1, 0.15) is 11.3 Å². The molecule has 140 valence electrons. The number of nitrogens with zero attached hydrogens (tertiary/aromatic N) is 4. The lowest BCUT2D eigenvalue weighted by molar-refractivity contribution is 0.0949. The summed E-state index contributed by atoms with van der Waals surface area (Å²) < 4.78 is 11.5. The van der Waals surface area contributed by atoms with Crippen LogP contribution in [0, 0.1) is 6.92 Å². The number of anilines is 1. The van der Waals surface area contributed by atoms with E-state index in [0.29, 0.717) is 29.7 Å². The number of halogens is 1. The Bertz CT molecular complexity index is 893. The molecule has 1 aromatic carbocycles. The van der Waals surface area contributed by atoms with E-state index in [9.17, 15) is 4.79 Å². The van der Waals surface area contributed by atoms with Gasteiger partial charge in [-0.25, -0.2) is 4.98 Å². The van der Waals surface area contributed by atoms with Gasteiger partial charge in [0.05, 0.1) is 17.5 Å². The Kier molecular flexibility index (Phi) is 6.57. The number of hydrogen-bond donors (Lipinski definition) is 0. The molecule has 0 saturated carbocycles. The lowest BCUT2D eigenvalue weighted by Crippen LogP contribution is -2.36. The van der Waals surface area contributed by atoms with E-state index in [1.54, 1.807) is 25.0 Å². The fourth-order valence-electron chi connectivity index (χ4n) is 2.37. The number of para-hydroxylation sites is 1. The molecule has 2 aromatic heterocycles. The highest BCUT2D eigenvalue weighted by atomic mass is 35.5. The minimum atomic E-state index is -0.250. The van der Waals surface area contributed by atoms with Crippen LogP contribution in [0.3, 0.4) is 0 Å². The second-order valence-corrected chi connectivity index (χ2v) is 6.91. The Hall–Kier alpha value is -2.16. The number of aryl methyl sites for hydroxylation is 1. The third-order valence-corrected chi connectivity index (χ3v) is 4.72. The van der Waals surface area contributed by atoms with Gasteiger partial charge >= 0.3 is 0 Å². The first kappa shape index (κ1) is 20.2. The van der Waals surface area contributed by atoms with Gasteiger partial charge in [0.25, 0.3) is 5.91 Å². The zero-order valence-electron chi connectivity index (χ0n) is 15.1. The number of methoxy groups -OCH3 is 1. The van der Waals surface area contributed by atoms with Crippen molar-refractivity contribution >= 4 is 45.0 Å². The molecule has 0 aliphatic rings. The van der Waals surface area contributed by atoms with Gasteiger partial charge in [-0.2, -0.15) is 0 Å². The van der Waals surface area contributed by atoms with Crippen LogP contribution < -0.4 is 9.64 Å². The van der Waals surface area contributed by atoms with Crippen molar-refractivity contribution in [1.82, 2.24) is 15.0 Å². The average Bonchev–Trinajstić information content (AvgIpc) is 3.20. The van der Waals surface area contributed by atoms with Crippen molar-refractivity contribution in [2.45, 2.75) is 6.92 Å². The van der Waals surface area contributed by atoms with Crippen LogP contribution in [0.2, 0.25) is 0 Å². The van der Waals surface area contributed by atoms with Gasteiger partial charge in [-0.05, 0) is 33.2 Å². The van der Waals surface area contributed by atoms with Gasteiger partial charge in [-0.3, -0.25) is 9.69 Å². The van der Waals surface area contributed by atoms with Crippen LogP contribution >= 0.6 is 23.7 Å². The number of carbonyl (C=O) groups is 1. The molecule has 3 rings (SSSR count). The zero-order valence-corrected chi connectivity index (χ0v) is 16.7. The average molecular weight is 397 g/mol. The van der Waals surface area contributed by atoms with Crippen molar-refractivity contribution < 1.29 is 14.1 Å². The van der Waals surface area contributed by atoms with Crippen molar-refractivity contribution in [1.29, 1.82) is 0 Å². The number of aromatic nitrogens is 2. The predicted molar refractivity (Wildman–Crippen MR) is 105 cm³/mol. The number of likely N-dealkylation sites (N-methyl/N-ethyl adjacent to an activating group) is 1. The van der Waals surface area contributed by atoms with Gasteiger partial charge in [-0.1, -0.05) is 22.6 Å². The largest absolute Gasteiger partial charge is 0.494 e. The molecule has 9 heteroatoms. The number of ether oxygens (including phenoxy) is 1. The molecule has 3 aromatic rings. The van der Waals surface area contributed by atoms with E-state index in [1.165, 1.54) is 11.3 Å². The van der Waals surface area contributed by atoms with E-state index < -0.39 is 0 Å². The molecule has 0 saturated heterocycles. The maximum absolute atomic E-state index is 12.9. The highest BCUT2D eigenvalue weighted by Crippen LogP contribution is 2.34. The van der Waals surface area contributed by atoms with Crippen LogP contribution in [-0.2, 0) is 0 Å². The fraction of sp³-hybridized carbons (Fsp3) is 0.353. The Morgan fingerprint density at radius 1 is 1.31 bits per heavy atom. The number of carbonyl (C=O) groups excluding carboxylic acids is 1.